The maximum Gasteiger partial charge on any atom is 0.243 e. The van der Waals surface area contributed by atoms with Crippen LogP contribution in [0.2, 0.25) is 0 Å². The fraction of sp³-hybridized carbons (Fsp3) is 0.125. The molecule has 0 bridgehead atoms. The molecular formula is C16H14FN3OS. The molecule has 112 valence electrons. The van der Waals surface area contributed by atoms with Crippen LogP contribution in [0.5, 0.6) is 0 Å². The second kappa shape index (κ2) is 6.11. The van der Waals surface area contributed by atoms with Gasteiger partial charge < -0.3 is 10.2 Å². The molecule has 0 spiro atoms. The van der Waals surface area contributed by atoms with Gasteiger partial charge in [0.2, 0.25) is 5.91 Å². The summed E-state index contributed by atoms with van der Waals surface area (Å²) in [5, 5.41) is 3.45. The summed E-state index contributed by atoms with van der Waals surface area (Å²) in [7, 11) is 1.81. The topological polar surface area (TPSA) is 45.2 Å². The second-order valence-corrected chi connectivity index (χ2v) is 5.89. The molecular weight excluding hydrogens is 301 g/mol. The van der Waals surface area contributed by atoms with E-state index in [-0.39, 0.29) is 18.3 Å². The van der Waals surface area contributed by atoms with Crippen LogP contribution >= 0.6 is 11.3 Å². The van der Waals surface area contributed by atoms with E-state index in [1.54, 1.807) is 17.0 Å². The Labute approximate surface area is 131 Å². The van der Waals surface area contributed by atoms with E-state index in [1.807, 2.05) is 31.3 Å². The van der Waals surface area contributed by atoms with Crippen LogP contribution in [-0.4, -0.2) is 24.5 Å². The third kappa shape index (κ3) is 3.23. The number of rotatable bonds is 4. The molecule has 1 N–H and O–H groups in total. The van der Waals surface area contributed by atoms with Crippen molar-refractivity contribution in [1.82, 2.24) is 4.98 Å². The number of thiazole rings is 1. The van der Waals surface area contributed by atoms with Gasteiger partial charge in [-0.15, -0.1) is 0 Å². The number of aromatic nitrogens is 1. The van der Waals surface area contributed by atoms with Crippen LogP contribution in [0.4, 0.5) is 15.2 Å². The van der Waals surface area contributed by atoms with Crippen molar-refractivity contribution in [2.45, 2.75) is 0 Å². The summed E-state index contributed by atoms with van der Waals surface area (Å²) >= 11 is 1.53. The van der Waals surface area contributed by atoms with Gasteiger partial charge >= 0.3 is 0 Å². The maximum atomic E-state index is 13.1. The lowest BCUT2D eigenvalue weighted by Crippen LogP contribution is -2.29. The largest absolute Gasteiger partial charge is 0.342 e. The summed E-state index contributed by atoms with van der Waals surface area (Å²) in [5.41, 5.74) is 1.36. The van der Waals surface area contributed by atoms with Gasteiger partial charge in [0.25, 0.3) is 0 Å². The quantitative estimate of drug-likeness (QED) is 0.801. The Kier molecular flexibility index (Phi) is 4.02. The molecule has 0 aliphatic carbocycles. The highest BCUT2D eigenvalue weighted by Crippen LogP contribution is 2.27. The lowest BCUT2D eigenvalue weighted by atomic mass is 10.3. The van der Waals surface area contributed by atoms with Crippen LogP contribution in [0.1, 0.15) is 0 Å². The normalized spacial score (nSPS) is 10.6. The van der Waals surface area contributed by atoms with Gasteiger partial charge in [0.05, 0.1) is 16.8 Å². The van der Waals surface area contributed by atoms with Crippen LogP contribution in [0, 0.1) is 5.82 Å². The first-order valence-corrected chi connectivity index (χ1v) is 7.55. The lowest BCUT2D eigenvalue weighted by Gasteiger charge is -2.15. The Morgan fingerprint density at radius 3 is 2.86 bits per heavy atom. The van der Waals surface area contributed by atoms with Crippen molar-refractivity contribution in [3.63, 3.8) is 0 Å². The summed E-state index contributed by atoms with van der Waals surface area (Å²) < 4.78 is 14.2. The highest BCUT2D eigenvalue weighted by Gasteiger charge is 2.12. The van der Waals surface area contributed by atoms with E-state index in [9.17, 15) is 9.18 Å². The number of hydrogen-bond donors (Lipinski definition) is 1. The molecule has 3 rings (SSSR count). The molecule has 4 nitrogen and oxygen atoms in total. The number of amides is 1. The van der Waals surface area contributed by atoms with Gasteiger partial charge in [-0.3, -0.25) is 4.79 Å². The Morgan fingerprint density at radius 1 is 1.27 bits per heavy atom. The van der Waals surface area contributed by atoms with Crippen molar-refractivity contribution in [2.75, 3.05) is 23.8 Å². The third-order valence-corrected chi connectivity index (χ3v) is 4.25. The Hall–Kier alpha value is -2.47. The molecule has 3 aromatic rings. The molecule has 6 heteroatoms. The van der Waals surface area contributed by atoms with E-state index < -0.39 is 0 Å². The zero-order valence-electron chi connectivity index (χ0n) is 11.9. The van der Waals surface area contributed by atoms with E-state index in [4.69, 9.17) is 0 Å². The van der Waals surface area contributed by atoms with Crippen LogP contribution in [0.15, 0.2) is 48.5 Å². The molecule has 0 unspecified atom stereocenters. The van der Waals surface area contributed by atoms with Gasteiger partial charge in [-0.25, -0.2) is 9.37 Å². The van der Waals surface area contributed by atoms with Gasteiger partial charge in [0, 0.05) is 12.7 Å². The smallest absolute Gasteiger partial charge is 0.243 e. The Bertz CT molecular complexity index is 785. The molecule has 2 aromatic carbocycles. The average Bonchev–Trinajstić information content (AvgIpc) is 2.91. The molecule has 1 heterocycles. The van der Waals surface area contributed by atoms with Gasteiger partial charge in [-0.1, -0.05) is 29.5 Å². The number of nitrogens with zero attached hydrogens (tertiary/aromatic N) is 2. The minimum atomic E-state index is -0.377. The zero-order chi connectivity index (χ0) is 15.5. The summed E-state index contributed by atoms with van der Waals surface area (Å²) in [6.07, 6.45) is 0. The number of carbonyl (C=O) groups excluding carboxylic acids is 1. The van der Waals surface area contributed by atoms with Gasteiger partial charge in [-0.05, 0) is 30.3 Å². The summed E-state index contributed by atoms with van der Waals surface area (Å²) in [5.74, 6) is -0.593. The molecule has 0 aliphatic rings. The van der Waals surface area contributed by atoms with E-state index in [1.165, 1.54) is 23.5 Å². The molecule has 22 heavy (non-hydrogen) atoms. The van der Waals surface area contributed by atoms with Gasteiger partial charge in [0.15, 0.2) is 5.13 Å². The fourth-order valence-corrected chi connectivity index (χ4v) is 3.00. The highest BCUT2D eigenvalue weighted by atomic mass is 32.1. The summed E-state index contributed by atoms with van der Waals surface area (Å²) in [6, 6.07) is 13.7. The summed E-state index contributed by atoms with van der Waals surface area (Å²) in [6.45, 7) is 0.149. The maximum absolute atomic E-state index is 13.1. The molecule has 0 atom stereocenters. The minimum absolute atomic E-state index is 0.149. The number of likely N-dealkylation sites (N-methyl/N-ethyl adjacent to an activating group) is 1. The van der Waals surface area contributed by atoms with E-state index in [0.29, 0.717) is 5.69 Å². The third-order valence-electron chi connectivity index (χ3n) is 3.10. The molecule has 1 amide bonds. The number of benzene rings is 2. The number of nitrogens with one attached hydrogen (secondary N) is 1. The molecule has 1 aromatic heterocycles. The zero-order valence-corrected chi connectivity index (χ0v) is 12.7. The number of halogens is 1. The number of hydrogen-bond acceptors (Lipinski definition) is 4. The van der Waals surface area contributed by atoms with Crippen molar-refractivity contribution in [3.05, 3.63) is 54.3 Å². The number of carbonyl (C=O) groups is 1. The minimum Gasteiger partial charge on any atom is -0.342 e. The first-order valence-electron chi connectivity index (χ1n) is 6.74. The Balaban J connectivity index is 1.68. The van der Waals surface area contributed by atoms with Crippen molar-refractivity contribution >= 4 is 38.3 Å². The molecule has 0 saturated heterocycles. The van der Waals surface area contributed by atoms with Crippen LogP contribution in [-0.2, 0) is 4.79 Å². The fourth-order valence-electron chi connectivity index (χ4n) is 2.07. The van der Waals surface area contributed by atoms with Crippen molar-refractivity contribution in [3.8, 4) is 0 Å². The number of anilines is 2. The second-order valence-electron chi connectivity index (χ2n) is 4.88. The number of para-hydroxylation sites is 1. The van der Waals surface area contributed by atoms with Gasteiger partial charge in [0.1, 0.15) is 5.82 Å². The molecule has 0 saturated carbocycles. The lowest BCUT2D eigenvalue weighted by molar-refractivity contribution is -0.114. The Morgan fingerprint density at radius 2 is 2.09 bits per heavy atom. The predicted octanol–water partition coefficient (Wildman–Crippen LogP) is 3.51. The molecule has 0 fully saturated rings. The monoisotopic (exact) mass is 315 g/mol. The SMILES string of the molecule is CN(CC(=O)Nc1cccc(F)c1)c1nc2ccccc2s1. The standard InChI is InChI=1S/C16H14FN3OS/c1-20(16-19-13-7-2-3-8-14(13)22-16)10-15(21)18-12-6-4-5-11(17)9-12/h2-9H,10H2,1H3,(H,18,21). The molecule has 0 aliphatic heterocycles. The van der Waals surface area contributed by atoms with Crippen LogP contribution in [0.3, 0.4) is 0 Å². The number of fused-ring (bicyclic) bond motifs is 1. The highest BCUT2D eigenvalue weighted by molar-refractivity contribution is 7.22. The van der Waals surface area contributed by atoms with E-state index in [0.717, 1.165) is 15.3 Å². The first kappa shape index (κ1) is 14.5. The molecule has 0 radical (unpaired) electrons. The van der Waals surface area contributed by atoms with Crippen molar-refractivity contribution < 1.29 is 9.18 Å². The first-order chi connectivity index (χ1) is 10.6. The predicted molar refractivity (Wildman–Crippen MR) is 87.9 cm³/mol. The van der Waals surface area contributed by atoms with Crippen molar-refractivity contribution in [1.29, 1.82) is 0 Å². The van der Waals surface area contributed by atoms with Crippen LogP contribution in [0.25, 0.3) is 10.2 Å². The van der Waals surface area contributed by atoms with E-state index >= 15 is 0 Å². The average molecular weight is 315 g/mol. The van der Waals surface area contributed by atoms with E-state index in [2.05, 4.69) is 10.3 Å². The van der Waals surface area contributed by atoms with Crippen LogP contribution < -0.4 is 10.2 Å². The van der Waals surface area contributed by atoms with Crippen molar-refractivity contribution in [2.24, 2.45) is 0 Å². The summed E-state index contributed by atoms with van der Waals surface area (Å²) in [4.78, 5) is 18.3. The van der Waals surface area contributed by atoms with Gasteiger partial charge in [-0.2, -0.15) is 0 Å².